The second-order valence-electron chi connectivity index (χ2n) is 3.75. The van der Waals surface area contributed by atoms with Crippen LogP contribution in [0.1, 0.15) is 10.4 Å². The van der Waals surface area contributed by atoms with Crippen LogP contribution >= 0.6 is 34.8 Å². The van der Waals surface area contributed by atoms with E-state index in [-0.39, 0.29) is 11.7 Å². The summed E-state index contributed by atoms with van der Waals surface area (Å²) in [7, 11) is 0. The van der Waals surface area contributed by atoms with Crippen LogP contribution in [0.25, 0.3) is 0 Å². The van der Waals surface area contributed by atoms with Gasteiger partial charge in [-0.05, 0) is 36.4 Å². The van der Waals surface area contributed by atoms with E-state index in [1.54, 1.807) is 42.5 Å². The highest BCUT2D eigenvalue weighted by Crippen LogP contribution is 2.28. The van der Waals surface area contributed by atoms with E-state index in [1.807, 2.05) is 0 Å². The lowest BCUT2D eigenvalue weighted by Gasteiger charge is -2.08. The molecule has 5 heteroatoms. The number of ketones is 1. The van der Waals surface area contributed by atoms with E-state index in [2.05, 4.69) is 0 Å². The second kappa shape index (κ2) is 6.29. The molecule has 0 radical (unpaired) electrons. The number of carbonyl (C=O) groups excluding carboxylic acids is 1. The van der Waals surface area contributed by atoms with Crippen LogP contribution in [-0.4, -0.2) is 11.7 Å². The van der Waals surface area contributed by atoms with Crippen LogP contribution in [0.15, 0.2) is 42.5 Å². The van der Waals surface area contributed by atoms with Gasteiger partial charge in [-0.1, -0.05) is 23.2 Å². The molecule has 0 saturated carbocycles. The Labute approximate surface area is 125 Å². The first-order valence-electron chi connectivity index (χ1n) is 5.42. The highest BCUT2D eigenvalue weighted by atomic mass is 35.5. The number of carbonyl (C=O) groups is 1. The van der Waals surface area contributed by atoms with Crippen molar-refractivity contribution < 1.29 is 9.53 Å². The maximum absolute atomic E-state index is 11.5. The highest BCUT2D eigenvalue weighted by molar-refractivity contribution is 6.37. The van der Waals surface area contributed by atoms with Crippen LogP contribution in [0.5, 0.6) is 11.5 Å². The molecule has 98 valence electrons. The van der Waals surface area contributed by atoms with Gasteiger partial charge in [0, 0.05) is 16.7 Å². The topological polar surface area (TPSA) is 26.3 Å². The number of halogens is 3. The summed E-state index contributed by atoms with van der Waals surface area (Å²) in [5.74, 6) is 0.858. The fraction of sp³-hybridized carbons (Fsp3) is 0.0714. The molecule has 0 unspecified atom stereocenters. The van der Waals surface area contributed by atoms with E-state index >= 15 is 0 Å². The van der Waals surface area contributed by atoms with Crippen LogP contribution < -0.4 is 4.74 Å². The first kappa shape index (κ1) is 14.2. The predicted molar refractivity (Wildman–Crippen MR) is 78.0 cm³/mol. The Hall–Kier alpha value is -1.22. The van der Waals surface area contributed by atoms with Crippen LogP contribution in [0.4, 0.5) is 0 Å². The van der Waals surface area contributed by atoms with E-state index in [9.17, 15) is 4.79 Å². The van der Waals surface area contributed by atoms with Crippen molar-refractivity contribution in [3.05, 3.63) is 58.1 Å². The first-order valence-corrected chi connectivity index (χ1v) is 6.71. The fourth-order valence-corrected chi connectivity index (χ4v) is 2.04. The van der Waals surface area contributed by atoms with Crippen LogP contribution in [0.3, 0.4) is 0 Å². The van der Waals surface area contributed by atoms with Gasteiger partial charge in [0.2, 0.25) is 0 Å². The van der Waals surface area contributed by atoms with Crippen LogP contribution in [0.2, 0.25) is 10.0 Å². The molecule has 0 N–H and O–H groups in total. The third kappa shape index (κ3) is 3.63. The van der Waals surface area contributed by atoms with E-state index in [0.29, 0.717) is 27.1 Å². The number of rotatable bonds is 4. The summed E-state index contributed by atoms with van der Waals surface area (Å²) in [4.78, 5) is 11.5. The minimum Gasteiger partial charge on any atom is -0.457 e. The van der Waals surface area contributed by atoms with Crippen molar-refractivity contribution in [2.75, 3.05) is 5.88 Å². The van der Waals surface area contributed by atoms with Crippen LogP contribution in [-0.2, 0) is 0 Å². The van der Waals surface area contributed by atoms with Crippen molar-refractivity contribution in [3.8, 4) is 11.5 Å². The average Bonchev–Trinajstić information content (AvgIpc) is 2.41. The molecule has 0 aliphatic heterocycles. The zero-order valence-electron chi connectivity index (χ0n) is 9.70. The largest absolute Gasteiger partial charge is 0.457 e. The van der Waals surface area contributed by atoms with Gasteiger partial charge in [-0.25, -0.2) is 0 Å². The molecular weight excluding hydrogens is 307 g/mol. The standard InChI is InChI=1S/C14H9Cl3O2/c15-8-14(18)12-6-5-11(7-13(12)17)19-10-3-1-9(16)2-4-10/h1-7H,8H2. The van der Waals surface area contributed by atoms with Gasteiger partial charge in [0.15, 0.2) is 5.78 Å². The second-order valence-corrected chi connectivity index (χ2v) is 4.87. The summed E-state index contributed by atoms with van der Waals surface area (Å²) in [5, 5.41) is 0.950. The lowest BCUT2D eigenvalue weighted by Crippen LogP contribution is -2.01. The minimum absolute atomic E-state index is 0.100. The lowest BCUT2D eigenvalue weighted by molar-refractivity contribution is 0.102. The van der Waals surface area contributed by atoms with Crippen molar-refractivity contribution >= 4 is 40.6 Å². The third-order valence-electron chi connectivity index (χ3n) is 2.41. The number of hydrogen-bond acceptors (Lipinski definition) is 2. The number of benzene rings is 2. The summed E-state index contributed by atoms with van der Waals surface area (Å²) in [6.45, 7) is 0. The third-order valence-corrected chi connectivity index (χ3v) is 3.22. The Morgan fingerprint density at radius 1 is 1.00 bits per heavy atom. The molecule has 2 aromatic carbocycles. The number of Topliss-reactive ketones (excluding diaryl/α,β-unsaturated/α-hetero) is 1. The molecular formula is C14H9Cl3O2. The summed E-state index contributed by atoms with van der Waals surface area (Å²) in [6.07, 6.45) is 0. The van der Waals surface area contributed by atoms with Crippen LogP contribution in [0, 0.1) is 0 Å². The molecule has 19 heavy (non-hydrogen) atoms. The number of ether oxygens (including phenoxy) is 1. The molecule has 0 atom stereocenters. The SMILES string of the molecule is O=C(CCl)c1ccc(Oc2ccc(Cl)cc2)cc1Cl. The predicted octanol–water partition coefficient (Wildman–Crippen LogP) is 5.21. The van der Waals surface area contributed by atoms with Gasteiger partial charge in [0.05, 0.1) is 10.9 Å². The number of hydrogen-bond donors (Lipinski definition) is 0. The Morgan fingerprint density at radius 2 is 1.63 bits per heavy atom. The van der Waals surface area contributed by atoms with Crippen molar-refractivity contribution in [3.63, 3.8) is 0 Å². The summed E-state index contributed by atoms with van der Waals surface area (Å²) >= 11 is 17.3. The quantitative estimate of drug-likeness (QED) is 0.572. The van der Waals surface area contributed by atoms with Gasteiger partial charge >= 0.3 is 0 Å². The maximum atomic E-state index is 11.5. The number of alkyl halides is 1. The van der Waals surface area contributed by atoms with E-state index in [4.69, 9.17) is 39.5 Å². The molecule has 0 amide bonds. The van der Waals surface area contributed by atoms with Crippen molar-refractivity contribution in [2.24, 2.45) is 0 Å². The molecule has 0 heterocycles. The average molecular weight is 316 g/mol. The molecule has 0 fully saturated rings. The van der Waals surface area contributed by atoms with Crippen molar-refractivity contribution in [2.45, 2.75) is 0 Å². The fourth-order valence-electron chi connectivity index (χ4n) is 1.50. The summed E-state index contributed by atoms with van der Waals surface area (Å²) in [6, 6.07) is 11.8. The van der Waals surface area contributed by atoms with Gasteiger partial charge in [-0.3, -0.25) is 4.79 Å². The molecule has 0 aromatic heterocycles. The minimum atomic E-state index is -0.218. The maximum Gasteiger partial charge on any atom is 0.179 e. The molecule has 2 rings (SSSR count). The zero-order valence-corrected chi connectivity index (χ0v) is 12.0. The zero-order chi connectivity index (χ0) is 13.8. The molecule has 0 aliphatic carbocycles. The van der Waals surface area contributed by atoms with E-state index in [1.165, 1.54) is 0 Å². The molecule has 2 aromatic rings. The molecule has 0 saturated heterocycles. The normalized spacial score (nSPS) is 10.3. The summed E-state index contributed by atoms with van der Waals surface area (Å²) < 4.78 is 5.60. The summed E-state index contributed by atoms with van der Waals surface area (Å²) in [5.41, 5.74) is 0.389. The van der Waals surface area contributed by atoms with Gasteiger partial charge in [0.1, 0.15) is 11.5 Å². The highest BCUT2D eigenvalue weighted by Gasteiger charge is 2.10. The molecule has 0 spiro atoms. The molecule has 0 bridgehead atoms. The van der Waals surface area contributed by atoms with Crippen molar-refractivity contribution in [1.82, 2.24) is 0 Å². The van der Waals surface area contributed by atoms with Gasteiger partial charge in [-0.2, -0.15) is 0 Å². The van der Waals surface area contributed by atoms with E-state index in [0.717, 1.165) is 0 Å². The van der Waals surface area contributed by atoms with Gasteiger partial charge < -0.3 is 4.74 Å². The van der Waals surface area contributed by atoms with Gasteiger partial charge in [0.25, 0.3) is 0 Å². The van der Waals surface area contributed by atoms with Crippen molar-refractivity contribution in [1.29, 1.82) is 0 Å². The van der Waals surface area contributed by atoms with E-state index < -0.39 is 0 Å². The first-order chi connectivity index (χ1) is 9.10. The van der Waals surface area contributed by atoms with Gasteiger partial charge in [-0.15, -0.1) is 11.6 Å². The molecule has 2 nitrogen and oxygen atoms in total. The molecule has 0 aliphatic rings. The Morgan fingerprint density at radius 3 is 2.21 bits per heavy atom. The Kier molecular flexibility index (Phi) is 4.70. The Bertz CT molecular complexity index is 594. The monoisotopic (exact) mass is 314 g/mol. The lowest BCUT2D eigenvalue weighted by atomic mass is 10.1. The Balaban J connectivity index is 2.20. The smallest absolute Gasteiger partial charge is 0.179 e.